The van der Waals surface area contributed by atoms with Crippen LogP contribution in [0.1, 0.15) is 17.4 Å². The molecule has 1 saturated heterocycles. The summed E-state index contributed by atoms with van der Waals surface area (Å²) in [6, 6.07) is 1.26. The first-order valence-electron chi connectivity index (χ1n) is 8.86. The summed E-state index contributed by atoms with van der Waals surface area (Å²) in [6.07, 6.45) is 3.54. The highest BCUT2D eigenvalue weighted by atomic mass is 35.5. The topological polar surface area (TPSA) is 109 Å². The van der Waals surface area contributed by atoms with Crippen LogP contribution < -0.4 is 10.6 Å². The minimum atomic E-state index is -0.413. The summed E-state index contributed by atoms with van der Waals surface area (Å²) in [6.45, 7) is 4.46. The van der Waals surface area contributed by atoms with E-state index in [4.69, 9.17) is 4.52 Å². The molecule has 162 valence electrons. The number of anilines is 1. The standard InChI is InChI=1S/C17H25N7O3.2ClH/c1-12-8-14(21-27-12)20-15(25)11-23-4-6-24(7-5-23)17(26)16(18-2)13-9-19-22(3)10-13;;/h8-10,16,18H,4-7,11H2,1-3H3,(H,20,21,25);2*1H. The lowest BCUT2D eigenvalue weighted by molar-refractivity contribution is -0.135. The van der Waals surface area contributed by atoms with Crippen LogP contribution >= 0.6 is 24.8 Å². The van der Waals surface area contributed by atoms with Gasteiger partial charge in [0.15, 0.2) is 5.82 Å². The monoisotopic (exact) mass is 447 g/mol. The van der Waals surface area contributed by atoms with Gasteiger partial charge in [-0.15, -0.1) is 24.8 Å². The van der Waals surface area contributed by atoms with E-state index in [1.807, 2.05) is 23.0 Å². The minimum Gasteiger partial charge on any atom is -0.360 e. The summed E-state index contributed by atoms with van der Waals surface area (Å²) in [5.74, 6) is 0.934. The SMILES string of the molecule is CNC(C(=O)N1CCN(CC(=O)Nc2cc(C)on2)CC1)c1cnn(C)c1.Cl.Cl. The van der Waals surface area contributed by atoms with Crippen LogP contribution in [0.15, 0.2) is 23.0 Å². The van der Waals surface area contributed by atoms with Crippen LogP contribution in [0.25, 0.3) is 0 Å². The number of likely N-dealkylation sites (N-methyl/N-ethyl adjacent to an activating group) is 1. The molecule has 29 heavy (non-hydrogen) atoms. The number of nitrogens with zero attached hydrogens (tertiary/aromatic N) is 5. The first-order chi connectivity index (χ1) is 13.0. The fraction of sp³-hybridized carbons (Fsp3) is 0.529. The van der Waals surface area contributed by atoms with E-state index in [2.05, 4.69) is 20.9 Å². The number of amides is 2. The Hall–Kier alpha value is -2.14. The van der Waals surface area contributed by atoms with Crippen LogP contribution in [0.4, 0.5) is 5.82 Å². The molecule has 0 radical (unpaired) electrons. The number of carbonyl (C=O) groups is 2. The van der Waals surface area contributed by atoms with Crippen LogP contribution in [0.5, 0.6) is 0 Å². The fourth-order valence-electron chi connectivity index (χ4n) is 3.14. The Morgan fingerprint density at radius 1 is 1.24 bits per heavy atom. The van der Waals surface area contributed by atoms with Gasteiger partial charge < -0.3 is 20.1 Å². The summed E-state index contributed by atoms with van der Waals surface area (Å²) in [5, 5.41) is 13.7. The highest BCUT2D eigenvalue weighted by Gasteiger charge is 2.29. The van der Waals surface area contributed by atoms with Crippen molar-refractivity contribution in [2.24, 2.45) is 7.05 Å². The number of carbonyl (C=O) groups excluding carboxylic acids is 2. The zero-order valence-electron chi connectivity index (χ0n) is 16.6. The van der Waals surface area contributed by atoms with Crippen molar-refractivity contribution in [1.29, 1.82) is 0 Å². The third-order valence-corrected chi connectivity index (χ3v) is 4.54. The predicted octanol–water partition coefficient (Wildman–Crippen LogP) is 0.604. The number of nitrogens with one attached hydrogen (secondary N) is 2. The van der Waals surface area contributed by atoms with Gasteiger partial charge in [-0.3, -0.25) is 19.2 Å². The molecule has 3 heterocycles. The van der Waals surface area contributed by atoms with E-state index in [0.717, 1.165) is 5.56 Å². The van der Waals surface area contributed by atoms with Crippen LogP contribution in [0.2, 0.25) is 0 Å². The second-order valence-corrected chi connectivity index (χ2v) is 6.64. The molecule has 2 N–H and O–H groups in total. The number of rotatable bonds is 6. The normalized spacial score (nSPS) is 15.2. The van der Waals surface area contributed by atoms with E-state index in [0.29, 0.717) is 37.8 Å². The molecular formula is C17H27Cl2N7O3. The smallest absolute Gasteiger partial charge is 0.244 e. The van der Waals surface area contributed by atoms with E-state index >= 15 is 0 Å². The van der Waals surface area contributed by atoms with Crippen molar-refractivity contribution in [2.45, 2.75) is 13.0 Å². The molecule has 2 amide bonds. The van der Waals surface area contributed by atoms with Crippen molar-refractivity contribution < 1.29 is 14.1 Å². The molecule has 1 aliphatic rings. The molecule has 1 aliphatic heterocycles. The number of piperazine rings is 1. The van der Waals surface area contributed by atoms with Crippen LogP contribution in [0, 0.1) is 6.92 Å². The Morgan fingerprint density at radius 3 is 2.45 bits per heavy atom. The molecular weight excluding hydrogens is 421 g/mol. The predicted molar refractivity (Wildman–Crippen MR) is 112 cm³/mol. The number of aryl methyl sites for hydroxylation is 2. The highest BCUT2D eigenvalue weighted by Crippen LogP contribution is 2.16. The minimum absolute atomic E-state index is 0. The van der Waals surface area contributed by atoms with E-state index < -0.39 is 6.04 Å². The van der Waals surface area contributed by atoms with Gasteiger partial charge >= 0.3 is 0 Å². The molecule has 1 atom stereocenters. The summed E-state index contributed by atoms with van der Waals surface area (Å²) >= 11 is 0. The molecule has 0 aliphatic carbocycles. The van der Waals surface area contributed by atoms with Gasteiger partial charge in [0.2, 0.25) is 11.8 Å². The van der Waals surface area contributed by atoms with Gasteiger partial charge in [-0.1, -0.05) is 5.16 Å². The van der Waals surface area contributed by atoms with Crippen molar-refractivity contribution in [2.75, 3.05) is 45.1 Å². The van der Waals surface area contributed by atoms with Crippen molar-refractivity contribution in [1.82, 2.24) is 30.1 Å². The van der Waals surface area contributed by atoms with E-state index in [1.54, 1.807) is 30.9 Å². The van der Waals surface area contributed by atoms with Crippen LogP contribution in [-0.4, -0.2) is 76.3 Å². The van der Waals surface area contributed by atoms with Gasteiger partial charge in [-0.2, -0.15) is 5.10 Å². The van der Waals surface area contributed by atoms with E-state index in [9.17, 15) is 9.59 Å². The molecule has 12 heteroatoms. The van der Waals surface area contributed by atoms with E-state index in [1.165, 1.54) is 0 Å². The Labute approximate surface area is 181 Å². The maximum absolute atomic E-state index is 12.8. The van der Waals surface area contributed by atoms with Gasteiger partial charge in [-0.05, 0) is 14.0 Å². The molecule has 10 nitrogen and oxygen atoms in total. The zero-order chi connectivity index (χ0) is 19.4. The van der Waals surface area contributed by atoms with Crippen molar-refractivity contribution in [3.05, 3.63) is 29.8 Å². The van der Waals surface area contributed by atoms with Crippen molar-refractivity contribution in [3.63, 3.8) is 0 Å². The largest absolute Gasteiger partial charge is 0.360 e. The Morgan fingerprint density at radius 2 is 1.93 bits per heavy atom. The number of aromatic nitrogens is 3. The quantitative estimate of drug-likeness (QED) is 0.667. The lowest BCUT2D eigenvalue weighted by Gasteiger charge is -2.35. The molecule has 0 spiro atoms. The summed E-state index contributed by atoms with van der Waals surface area (Å²) in [4.78, 5) is 28.8. The van der Waals surface area contributed by atoms with Crippen molar-refractivity contribution in [3.8, 4) is 0 Å². The lowest BCUT2D eigenvalue weighted by Crippen LogP contribution is -2.52. The Bertz CT molecular complexity index is 803. The summed E-state index contributed by atoms with van der Waals surface area (Å²) < 4.78 is 6.61. The highest BCUT2D eigenvalue weighted by molar-refractivity contribution is 5.91. The molecule has 0 bridgehead atoms. The number of hydrogen-bond donors (Lipinski definition) is 2. The maximum atomic E-state index is 12.8. The zero-order valence-corrected chi connectivity index (χ0v) is 18.3. The average Bonchev–Trinajstić information content (AvgIpc) is 3.24. The first-order valence-corrected chi connectivity index (χ1v) is 8.86. The van der Waals surface area contributed by atoms with Crippen molar-refractivity contribution >= 4 is 42.4 Å². The van der Waals surface area contributed by atoms with Crippen LogP contribution in [-0.2, 0) is 16.6 Å². The van der Waals surface area contributed by atoms with E-state index in [-0.39, 0.29) is 43.2 Å². The third-order valence-electron chi connectivity index (χ3n) is 4.54. The van der Waals surface area contributed by atoms with Gasteiger partial charge in [0, 0.05) is 51.1 Å². The molecule has 1 fully saturated rings. The molecule has 3 rings (SSSR count). The van der Waals surface area contributed by atoms with Gasteiger partial charge in [0.1, 0.15) is 11.8 Å². The second kappa shape index (κ2) is 11.1. The first kappa shape index (κ1) is 24.9. The van der Waals surface area contributed by atoms with Gasteiger partial charge in [0.05, 0.1) is 12.7 Å². The summed E-state index contributed by atoms with van der Waals surface area (Å²) in [7, 11) is 3.59. The average molecular weight is 448 g/mol. The van der Waals surface area contributed by atoms with Gasteiger partial charge in [-0.25, -0.2) is 0 Å². The lowest BCUT2D eigenvalue weighted by atomic mass is 10.1. The van der Waals surface area contributed by atoms with Gasteiger partial charge in [0.25, 0.3) is 0 Å². The fourth-order valence-corrected chi connectivity index (χ4v) is 3.14. The third kappa shape index (κ3) is 6.43. The Kier molecular flexibility index (Phi) is 9.57. The molecule has 0 saturated carbocycles. The molecule has 0 aromatic carbocycles. The molecule has 2 aromatic rings. The number of halogens is 2. The van der Waals surface area contributed by atoms with Crippen LogP contribution in [0.3, 0.4) is 0 Å². The molecule has 1 unspecified atom stereocenters. The summed E-state index contributed by atoms with van der Waals surface area (Å²) in [5.41, 5.74) is 0.842. The number of hydrogen-bond acceptors (Lipinski definition) is 7. The second-order valence-electron chi connectivity index (χ2n) is 6.64. The maximum Gasteiger partial charge on any atom is 0.244 e. The molecule has 2 aromatic heterocycles. The Balaban J connectivity index is 0.00000210.